The SMILES string of the molecule is COc1cc(Nc2ncc(Br)c(Nc3ccccc3N3CCOCC3)n2)cc(OC)c1OC.Cl. The van der Waals surface area contributed by atoms with Crippen LogP contribution in [0, 0.1) is 0 Å². The van der Waals surface area contributed by atoms with Gasteiger partial charge in [-0.3, -0.25) is 0 Å². The first kappa shape index (κ1) is 25.7. The Balaban J connectivity index is 0.00000324. The number of hydrogen-bond donors (Lipinski definition) is 2. The first-order chi connectivity index (χ1) is 16.1. The van der Waals surface area contributed by atoms with Crippen molar-refractivity contribution < 1.29 is 18.9 Å². The molecule has 0 saturated carbocycles. The lowest BCUT2D eigenvalue weighted by Crippen LogP contribution is -2.36. The summed E-state index contributed by atoms with van der Waals surface area (Å²) in [5, 5.41) is 6.65. The molecule has 2 aromatic carbocycles. The molecule has 0 amide bonds. The third kappa shape index (κ3) is 5.75. The molecule has 1 fully saturated rings. The van der Waals surface area contributed by atoms with E-state index in [-0.39, 0.29) is 12.4 Å². The summed E-state index contributed by atoms with van der Waals surface area (Å²) in [5.41, 5.74) is 2.76. The van der Waals surface area contributed by atoms with Crippen LogP contribution in [0.5, 0.6) is 17.2 Å². The molecule has 2 heterocycles. The average molecular weight is 553 g/mol. The third-order valence-electron chi connectivity index (χ3n) is 5.17. The Morgan fingerprint density at radius 1 is 0.971 bits per heavy atom. The molecule has 1 aliphatic heterocycles. The van der Waals surface area contributed by atoms with Gasteiger partial charge in [0.25, 0.3) is 0 Å². The average Bonchev–Trinajstić information content (AvgIpc) is 2.86. The number of nitrogens with one attached hydrogen (secondary N) is 2. The summed E-state index contributed by atoms with van der Waals surface area (Å²) in [4.78, 5) is 11.4. The molecule has 34 heavy (non-hydrogen) atoms. The number of hydrogen-bond acceptors (Lipinski definition) is 9. The van der Waals surface area contributed by atoms with Gasteiger partial charge >= 0.3 is 0 Å². The Kier molecular flexibility index (Phi) is 9.03. The number of methoxy groups -OCH3 is 3. The van der Waals surface area contributed by atoms with E-state index in [9.17, 15) is 0 Å². The maximum absolute atomic E-state index is 5.49. The fourth-order valence-electron chi connectivity index (χ4n) is 3.58. The highest BCUT2D eigenvalue weighted by Crippen LogP contribution is 2.40. The van der Waals surface area contributed by atoms with Crippen molar-refractivity contribution >= 4 is 57.2 Å². The Morgan fingerprint density at radius 2 is 1.65 bits per heavy atom. The second-order valence-electron chi connectivity index (χ2n) is 7.17. The first-order valence-electron chi connectivity index (χ1n) is 10.4. The molecule has 4 rings (SSSR count). The Hall–Kier alpha value is -2.95. The van der Waals surface area contributed by atoms with Gasteiger partial charge in [0.15, 0.2) is 11.5 Å². The lowest BCUT2D eigenvalue weighted by molar-refractivity contribution is 0.123. The van der Waals surface area contributed by atoms with Crippen molar-refractivity contribution in [2.75, 3.05) is 63.2 Å². The summed E-state index contributed by atoms with van der Waals surface area (Å²) >= 11 is 3.55. The van der Waals surface area contributed by atoms with Gasteiger partial charge in [0.05, 0.1) is 50.4 Å². The minimum absolute atomic E-state index is 0. The summed E-state index contributed by atoms with van der Waals surface area (Å²) in [6.07, 6.45) is 1.70. The highest BCUT2D eigenvalue weighted by atomic mass is 79.9. The Bertz CT molecular complexity index is 1090. The number of halogens is 2. The molecule has 1 aliphatic rings. The maximum atomic E-state index is 5.49. The second-order valence-corrected chi connectivity index (χ2v) is 8.03. The van der Waals surface area contributed by atoms with Gasteiger partial charge in [-0.25, -0.2) is 4.98 Å². The van der Waals surface area contributed by atoms with Gasteiger partial charge in [0, 0.05) is 37.1 Å². The van der Waals surface area contributed by atoms with Gasteiger partial charge in [0.1, 0.15) is 5.82 Å². The quantitative estimate of drug-likeness (QED) is 0.400. The molecule has 0 radical (unpaired) electrons. The minimum Gasteiger partial charge on any atom is -0.493 e. The first-order valence-corrected chi connectivity index (χ1v) is 11.2. The summed E-state index contributed by atoms with van der Waals surface area (Å²) < 4.78 is 22.5. The van der Waals surface area contributed by atoms with Gasteiger partial charge in [-0.05, 0) is 28.1 Å². The van der Waals surface area contributed by atoms with Crippen molar-refractivity contribution in [3.63, 3.8) is 0 Å². The fourth-order valence-corrected chi connectivity index (χ4v) is 3.87. The van der Waals surface area contributed by atoms with E-state index < -0.39 is 0 Å². The summed E-state index contributed by atoms with van der Waals surface area (Å²) in [6.45, 7) is 3.12. The van der Waals surface area contributed by atoms with E-state index in [4.69, 9.17) is 18.9 Å². The zero-order valence-corrected chi connectivity index (χ0v) is 21.5. The fraction of sp³-hybridized carbons (Fsp3) is 0.304. The van der Waals surface area contributed by atoms with Crippen LogP contribution in [0.25, 0.3) is 0 Å². The van der Waals surface area contributed by atoms with E-state index in [0.29, 0.717) is 47.9 Å². The van der Waals surface area contributed by atoms with Crippen molar-refractivity contribution in [2.24, 2.45) is 0 Å². The van der Waals surface area contributed by atoms with Crippen molar-refractivity contribution in [1.29, 1.82) is 0 Å². The summed E-state index contributed by atoms with van der Waals surface area (Å²) in [7, 11) is 4.72. The van der Waals surface area contributed by atoms with Crippen LogP contribution in [0.4, 0.5) is 28.8 Å². The van der Waals surface area contributed by atoms with Crippen molar-refractivity contribution in [1.82, 2.24) is 9.97 Å². The molecule has 3 aromatic rings. The van der Waals surface area contributed by atoms with Crippen LogP contribution in [-0.2, 0) is 4.74 Å². The molecular weight excluding hydrogens is 526 g/mol. The zero-order chi connectivity index (χ0) is 23.2. The van der Waals surface area contributed by atoms with E-state index in [0.717, 1.165) is 28.9 Å². The molecule has 9 nitrogen and oxygen atoms in total. The Labute approximate surface area is 213 Å². The molecule has 0 unspecified atom stereocenters. The van der Waals surface area contributed by atoms with Gasteiger partial charge in [-0.15, -0.1) is 12.4 Å². The van der Waals surface area contributed by atoms with Crippen molar-refractivity contribution in [2.45, 2.75) is 0 Å². The summed E-state index contributed by atoms with van der Waals surface area (Å²) in [5.74, 6) is 2.65. The predicted molar refractivity (Wildman–Crippen MR) is 139 cm³/mol. The van der Waals surface area contributed by atoms with Gasteiger partial charge < -0.3 is 34.5 Å². The van der Waals surface area contributed by atoms with Crippen molar-refractivity contribution in [3.8, 4) is 17.2 Å². The molecule has 182 valence electrons. The van der Waals surface area contributed by atoms with Gasteiger partial charge in [-0.2, -0.15) is 4.98 Å². The third-order valence-corrected chi connectivity index (χ3v) is 5.75. The van der Waals surface area contributed by atoms with Crippen LogP contribution in [0.3, 0.4) is 0 Å². The molecule has 2 N–H and O–H groups in total. The van der Waals surface area contributed by atoms with Crippen LogP contribution >= 0.6 is 28.3 Å². The molecule has 0 bridgehead atoms. The van der Waals surface area contributed by atoms with E-state index in [1.165, 1.54) is 0 Å². The number of morpholine rings is 1. The number of nitrogens with zero attached hydrogens (tertiary/aromatic N) is 3. The number of ether oxygens (including phenoxy) is 4. The molecule has 0 aliphatic carbocycles. The normalized spacial score (nSPS) is 13.0. The highest BCUT2D eigenvalue weighted by molar-refractivity contribution is 9.10. The summed E-state index contributed by atoms with van der Waals surface area (Å²) in [6, 6.07) is 11.8. The van der Waals surface area contributed by atoms with Crippen LogP contribution < -0.4 is 29.7 Å². The van der Waals surface area contributed by atoms with E-state index in [2.05, 4.69) is 47.5 Å². The number of rotatable bonds is 8. The lowest BCUT2D eigenvalue weighted by Gasteiger charge is -2.30. The molecule has 1 aromatic heterocycles. The van der Waals surface area contributed by atoms with E-state index in [1.54, 1.807) is 39.7 Å². The van der Waals surface area contributed by atoms with Gasteiger partial charge in [-0.1, -0.05) is 12.1 Å². The standard InChI is InChI=1S/C23H26BrN5O4.ClH/c1-30-19-12-15(13-20(31-2)21(19)32-3)26-23-25-14-16(24)22(28-23)27-17-6-4-5-7-18(17)29-8-10-33-11-9-29;/h4-7,12-14H,8-11H2,1-3H3,(H2,25,26,27,28);1H. The highest BCUT2D eigenvalue weighted by Gasteiger charge is 2.17. The number of benzene rings is 2. The number of para-hydroxylation sites is 2. The topological polar surface area (TPSA) is 90.0 Å². The maximum Gasteiger partial charge on any atom is 0.229 e. The number of anilines is 5. The van der Waals surface area contributed by atoms with E-state index in [1.807, 2.05) is 18.2 Å². The number of aromatic nitrogens is 2. The minimum atomic E-state index is 0. The second kappa shape index (κ2) is 12.0. The van der Waals surface area contributed by atoms with E-state index >= 15 is 0 Å². The Morgan fingerprint density at radius 3 is 2.29 bits per heavy atom. The van der Waals surface area contributed by atoms with Crippen LogP contribution in [0.1, 0.15) is 0 Å². The zero-order valence-electron chi connectivity index (χ0n) is 19.1. The largest absolute Gasteiger partial charge is 0.493 e. The lowest BCUT2D eigenvalue weighted by atomic mass is 10.2. The molecule has 0 spiro atoms. The molecule has 1 saturated heterocycles. The van der Waals surface area contributed by atoms with Gasteiger partial charge in [0.2, 0.25) is 11.7 Å². The van der Waals surface area contributed by atoms with Crippen LogP contribution in [0.2, 0.25) is 0 Å². The van der Waals surface area contributed by atoms with Crippen LogP contribution in [-0.4, -0.2) is 57.6 Å². The smallest absolute Gasteiger partial charge is 0.229 e. The monoisotopic (exact) mass is 551 g/mol. The molecule has 11 heteroatoms. The van der Waals surface area contributed by atoms with Crippen LogP contribution in [0.15, 0.2) is 47.1 Å². The molecule has 0 atom stereocenters. The van der Waals surface area contributed by atoms with Crippen molar-refractivity contribution in [3.05, 3.63) is 47.1 Å². The predicted octanol–water partition coefficient (Wildman–Crippen LogP) is 5.01. The molecular formula is C23H27BrClN5O4.